The molecule has 0 saturated heterocycles. The van der Waals surface area contributed by atoms with Crippen LogP contribution >= 0.6 is 11.8 Å². The molecule has 1 rings (SSSR count). The van der Waals surface area contributed by atoms with E-state index in [-0.39, 0.29) is 21.4 Å². The summed E-state index contributed by atoms with van der Waals surface area (Å²) >= 11 is 0.871. The van der Waals surface area contributed by atoms with Crippen molar-refractivity contribution in [2.45, 2.75) is 6.92 Å². The average molecular weight is 356 g/mol. The number of carbonyl (C=O) groups excluding carboxylic acids is 2. The molecule has 0 aliphatic rings. The Morgan fingerprint density at radius 3 is 2.61 bits per heavy atom. The van der Waals surface area contributed by atoms with Gasteiger partial charge in [-0.1, -0.05) is 24.4 Å². The molecule has 1 aromatic rings. The van der Waals surface area contributed by atoms with E-state index in [4.69, 9.17) is 10.5 Å². The average Bonchev–Trinajstić information content (AvgIpc) is 2.43. The fourth-order valence-corrected chi connectivity index (χ4v) is 2.57. The van der Waals surface area contributed by atoms with Crippen LogP contribution in [0.3, 0.4) is 0 Å². The molecule has 0 aromatic heterocycles. The monoisotopic (exact) mass is 356 g/mol. The van der Waals surface area contributed by atoms with E-state index in [1.807, 2.05) is 0 Å². The van der Waals surface area contributed by atoms with Gasteiger partial charge in [0.05, 0.1) is 5.03 Å². The fraction of sp³-hybridized carbons (Fsp3) is 0.143. The number of hydrogen-bond acceptors (Lipinski definition) is 7. The lowest BCUT2D eigenvalue weighted by atomic mass is 10.2. The lowest BCUT2D eigenvalue weighted by molar-refractivity contribution is -0.131. The third-order valence-corrected chi connectivity index (χ3v) is 4.24. The van der Waals surface area contributed by atoms with Crippen LogP contribution in [0.1, 0.15) is 17.3 Å². The van der Waals surface area contributed by atoms with Gasteiger partial charge in [0.15, 0.2) is 9.84 Å². The second-order valence-electron chi connectivity index (χ2n) is 4.41. The van der Waals surface area contributed by atoms with Crippen molar-refractivity contribution in [3.63, 3.8) is 0 Å². The van der Waals surface area contributed by atoms with Crippen LogP contribution in [-0.4, -0.2) is 26.6 Å². The normalized spacial score (nSPS) is 11.7. The number of nitrogens with two attached hydrogens (primary N) is 1. The molecule has 0 unspecified atom stereocenters. The molecule has 23 heavy (non-hydrogen) atoms. The van der Waals surface area contributed by atoms with E-state index >= 15 is 0 Å². The van der Waals surface area contributed by atoms with Gasteiger partial charge in [0.25, 0.3) is 5.91 Å². The Labute approximate surface area is 138 Å². The van der Waals surface area contributed by atoms with Gasteiger partial charge in [-0.15, -0.1) is 0 Å². The lowest BCUT2D eigenvalue weighted by Crippen LogP contribution is -2.20. The van der Waals surface area contributed by atoms with Crippen molar-refractivity contribution < 1.29 is 22.7 Å². The smallest absolute Gasteiger partial charge is 0.308 e. The molecule has 1 amide bonds. The minimum Gasteiger partial charge on any atom is -0.427 e. The SMILES string of the molecule is C=C(NC(=O)c1cccc(OC(C)=O)c1)S/C=C(\N)S(C)(=O)=O. The van der Waals surface area contributed by atoms with Gasteiger partial charge in [0.2, 0.25) is 0 Å². The van der Waals surface area contributed by atoms with Crippen molar-refractivity contribution in [3.05, 3.63) is 51.9 Å². The van der Waals surface area contributed by atoms with Crippen molar-refractivity contribution in [3.8, 4) is 5.75 Å². The maximum absolute atomic E-state index is 12.0. The van der Waals surface area contributed by atoms with E-state index in [1.54, 1.807) is 6.07 Å². The summed E-state index contributed by atoms with van der Waals surface area (Å²) in [5.74, 6) is -0.739. The number of rotatable bonds is 6. The van der Waals surface area contributed by atoms with Gasteiger partial charge in [-0.05, 0) is 18.2 Å². The molecule has 1 aromatic carbocycles. The first-order valence-corrected chi connectivity index (χ1v) is 8.98. The van der Waals surface area contributed by atoms with Crippen molar-refractivity contribution in [2.24, 2.45) is 5.73 Å². The quantitative estimate of drug-likeness (QED) is 0.584. The summed E-state index contributed by atoms with van der Waals surface area (Å²) in [5.41, 5.74) is 5.61. The highest BCUT2D eigenvalue weighted by atomic mass is 32.2. The molecule has 124 valence electrons. The third kappa shape index (κ3) is 6.57. The van der Waals surface area contributed by atoms with Crippen molar-refractivity contribution >= 4 is 33.5 Å². The van der Waals surface area contributed by atoms with E-state index in [2.05, 4.69) is 11.9 Å². The maximum atomic E-state index is 12.0. The predicted molar refractivity (Wildman–Crippen MR) is 89.1 cm³/mol. The molecule has 0 saturated carbocycles. The zero-order valence-electron chi connectivity index (χ0n) is 12.5. The Kier molecular flexibility index (Phi) is 6.40. The zero-order valence-corrected chi connectivity index (χ0v) is 14.2. The molecule has 3 N–H and O–H groups in total. The molecule has 9 heteroatoms. The van der Waals surface area contributed by atoms with Crippen LogP contribution < -0.4 is 15.8 Å². The van der Waals surface area contributed by atoms with Gasteiger partial charge < -0.3 is 15.8 Å². The van der Waals surface area contributed by atoms with E-state index in [0.717, 1.165) is 18.0 Å². The summed E-state index contributed by atoms with van der Waals surface area (Å²) < 4.78 is 27.2. The molecule has 0 aliphatic carbocycles. The summed E-state index contributed by atoms with van der Waals surface area (Å²) in [7, 11) is -3.48. The number of sulfone groups is 1. The van der Waals surface area contributed by atoms with E-state index in [0.29, 0.717) is 0 Å². The third-order valence-electron chi connectivity index (χ3n) is 2.36. The van der Waals surface area contributed by atoms with Crippen LogP contribution in [0.2, 0.25) is 0 Å². The van der Waals surface area contributed by atoms with E-state index in [1.165, 1.54) is 30.5 Å². The summed E-state index contributed by atoms with van der Waals surface area (Å²) in [6.07, 6.45) is 0.973. The van der Waals surface area contributed by atoms with E-state index in [9.17, 15) is 18.0 Å². The Balaban J connectivity index is 2.73. The van der Waals surface area contributed by atoms with Gasteiger partial charge in [-0.25, -0.2) is 8.42 Å². The number of benzene rings is 1. The summed E-state index contributed by atoms with van der Waals surface area (Å²) in [5, 5.41) is 3.52. The van der Waals surface area contributed by atoms with Gasteiger partial charge in [0.1, 0.15) is 10.8 Å². The number of hydrogen-bond donors (Lipinski definition) is 2. The van der Waals surface area contributed by atoms with Crippen LogP contribution in [0.5, 0.6) is 5.75 Å². The van der Waals surface area contributed by atoms with Gasteiger partial charge in [-0.2, -0.15) is 0 Å². The summed E-state index contributed by atoms with van der Waals surface area (Å²) in [6.45, 7) is 4.85. The molecule has 7 nitrogen and oxygen atoms in total. The van der Waals surface area contributed by atoms with Gasteiger partial charge in [0, 0.05) is 24.2 Å². The first kappa shape index (κ1) is 18.8. The Bertz CT molecular complexity index is 769. The highest BCUT2D eigenvalue weighted by molar-refractivity contribution is 8.06. The van der Waals surface area contributed by atoms with Crippen molar-refractivity contribution in [2.75, 3.05) is 6.26 Å². The predicted octanol–water partition coefficient (Wildman–Crippen LogP) is 1.35. The van der Waals surface area contributed by atoms with Crippen molar-refractivity contribution in [1.29, 1.82) is 0 Å². The minimum absolute atomic E-state index is 0.194. The Morgan fingerprint density at radius 2 is 2.04 bits per heavy atom. The molecule has 0 fully saturated rings. The zero-order chi connectivity index (χ0) is 17.6. The first-order chi connectivity index (χ1) is 10.6. The lowest BCUT2D eigenvalue weighted by Gasteiger charge is -2.07. The van der Waals surface area contributed by atoms with Crippen LogP contribution in [0.4, 0.5) is 0 Å². The number of ether oxygens (including phenoxy) is 1. The van der Waals surface area contributed by atoms with Crippen LogP contribution in [-0.2, 0) is 14.6 Å². The van der Waals surface area contributed by atoms with E-state index < -0.39 is 21.7 Å². The second kappa shape index (κ2) is 7.84. The van der Waals surface area contributed by atoms with Gasteiger partial charge in [-0.3, -0.25) is 9.59 Å². The minimum atomic E-state index is -3.48. The Hall–Kier alpha value is -2.26. The number of thioether (sulfide) groups is 1. The van der Waals surface area contributed by atoms with Crippen molar-refractivity contribution in [1.82, 2.24) is 5.32 Å². The van der Waals surface area contributed by atoms with Crippen LogP contribution in [0, 0.1) is 0 Å². The topological polar surface area (TPSA) is 116 Å². The Morgan fingerprint density at radius 1 is 1.39 bits per heavy atom. The molecule has 0 radical (unpaired) electrons. The number of nitrogens with one attached hydrogen (secondary N) is 1. The molecule has 0 bridgehead atoms. The van der Waals surface area contributed by atoms with Crippen LogP contribution in [0.15, 0.2) is 46.3 Å². The maximum Gasteiger partial charge on any atom is 0.308 e. The first-order valence-electron chi connectivity index (χ1n) is 6.20. The molecular weight excluding hydrogens is 340 g/mol. The summed E-state index contributed by atoms with van der Waals surface area (Å²) in [6, 6.07) is 6.03. The summed E-state index contributed by atoms with van der Waals surface area (Å²) in [4.78, 5) is 22.9. The number of carbonyl (C=O) groups is 2. The van der Waals surface area contributed by atoms with Gasteiger partial charge >= 0.3 is 5.97 Å². The fourth-order valence-electron chi connectivity index (χ4n) is 1.31. The largest absolute Gasteiger partial charge is 0.427 e. The standard InChI is InChI=1S/C14H16N2O5S2/c1-9(22-8-13(15)23(3,19)20)16-14(18)11-5-4-6-12(7-11)21-10(2)17/h4-8H,1,15H2,2-3H3,(H,16,18)/b13-8+. The molecule has 0 atom stereocenters. The second-order valence-corrected chi connectivity index (χ2v) is 7.39. The molecule has 0 aliphatic heterocycles. The number of esters is 1. The molecular formula is C14H16N2O5S2. The molecule has 0 heterocycles. The number of amides is 1. The van der Waals surface area contributed by atoms with Crippen LogP contribution in [0.25, 0.3) is 0 Å². The highest BCUT2D eigenvalue weighted by Crippen LogP contribution is 2.17. The highest BCUT2D eigenvalue weighted by Gasteiger charge is 2.10. The molecule has 0 spiro atoms.